The van der Waals surface area contributed by atoms with Crippen LogP contribution in [0, 0.1) is 0 Å². The van der Waals surface area contributed by atoms with Crippen molar-refractivity contribution in [3.8, 4) is 0 Å². The van der Waals surface area contributed by atoms with E-state index in [2.05, 4.69) is 41.8 Å². The van der Waals surface area contributed by atoms with Crippen LogP contribution in [0.4, 0.5) is 11.4 Å². The average molecular weight is 353 g/mol. The van der Waals surface area contributed by atoms with Gasteiger partial charge in [-0.25, -0.2) is 0 Å². The topological polar surface area (TPSA) is 61.4 Å². The van der Waals surface area contributed by atoms with Gasteiger partial charge in [-0.05, 0) is 55.8 Å². The van der Waals surface area contributed by atoms with Gasteiger partial charge >= 0.3 is 0 Å². The molecule has 2 N–H and O–H groups in total. The Hall–Kier alpha value is -2.66. The lowest BCUT2D eigenvalue weighted by molar-refractivity contribution is -0.120. The van der Waals surface area contributed by atoms with E-state index in [1.165, 1.54) is 18.1 Å². The fourth-order valence-electron chi connectivity index (χ4n) is 2.59. The fourth-order valence-corrected chi connectivity index (χ4v) is 2.59. The molecule has 2 rings (SSSR count). The minimum Gasteiger partial charge on any atom is -0.326 e. The molecule has 138 valence electrons. The smallest absolute Gasteiger partial charge is 0.241 e. The number of nitrogens with zero attached hydrogens (tertiary/aromatic N) is 1. The van der Waals surface area contributed by atoms with E-state index in [9.17, 15) is 9.59 Å². The van der Waals surface area contributed by atoms with E-state index in [4.69, 9.17) is 0 Å². The first kappa shape index (κ1) is 19.7. The maximum Gasteiger partial charge on any atom is 0.241 e. The number of aryl methyl sites for hydroxylation is 1. The molecule has 0 unspecified atom stereocenters. The van der Waals surface area contributed by atoms with Gasteiger partial charge in [0.1, 0.15) is 0 Å². The average Bonchev–Trinajstić information content (AvgIpc) is 2.62. The highest BCUT2D eigenvalue weighted by Gasteiger charge is 2.18. The van der Waals surface area contributed by atoms with Crippen molar-refractivity contribution in [3.63, 3.8) is 0 Å². The molecule has 0 aliphatic carbocycles. The molecule has 5 nitrogen and oxygen atoms in total. The molecule has 1 atom stereocenters. The molecule has 0 spiro atoms. The third-order valence-electron chi connectivity index (χ3n) is 4.38. The Morgan fingerprint density at radius 2 is 1.42 bits per heavy atom. The second-order valence-electron chi connectivity index (χ2n) is 6.51. The van der Waals surface area contributed by atoms with Gasteiger partial charge in [0.15, 0.2) is 0 Å². The highest BCUT2D eigenvalue weighted by molar-refractivity contribution is 5.95. The Labute approximate surface area is 155 Å². The molecule has 26 heavy (non-hydrogen) atoms. The number of carbonyl (C=O) groups is 2. The molecular formula is C21H27N3O2. The summed E-state index contributed by atoms with van der Waals surface area (Å²) in [4.78, 5) is 25.5. The van der Waals surface area contributed by atoms with Crippen molar-refractivity contribution in [3.05, 3.63) is 59.7 Å². The van der Waals surface area contributed by atoms with Crippen LogP contribution in [0.1, 0.15) is 31.9 Å². The van der Waals surface area contributed by atoms with Crippen molar-refractivity contribution in [2.24, 2.45) is 0 Å². The summed E-state index contributed by atoms with van der Waals surface area (Å²) < 4.78 is 0. The number of hydrogen-bond donors (Lipinski definition) is 2. The van der Waals surface area contributed by atoms with Crippen LogP contribution in [-0.2, 0) is 22.6 Å². The summed E-state index contributed by atoms with van der Waals surface area (Å²) in [5.41, 5.74) is 3.90. The SMILES string of the molecule is CCc1ccc(CN(C)[C@H](C)C(=O)Nc2ccc(NC(C)=O)cc2)cc1. The van der Waals surface area contributed by atoms with Gasteiger partial charge in [-0.1, -0.05) is 31.2 Å². The van der Waals surface area contributed by atoms with Crippen molar-refractivity contribution in [1.29, 1.82) is 0 Å². The summed E-state index contributed by atoms with van der Waals surface area (Å²) >= 11 is 0. The van der Waals surface area contributed by atoms with Gasteiger partial charge in [0.2, 0.25) is 11.8 Å². The lowest BCUT2D eigenvalue weighted by Crippen LogP contribution is -2.39. The van der Waals surface area contributed by atoms with Crippen molar-refractivity contribution in [2.75, 3.05) is 17.7 Å². The minimum absolute atomic E-state index is 0.0649. The number of nitrogens with one attached hydrogen (secondary N) is 2. The van der Waals surface area contributed by atoms with Crippen LogP contribution in [0.25, 0.3) is 0 Å². The van der Waals surface area contributed by atoms with Crippen LogP contribution in [0.5, 0.6) is 0 Å². The van der Waals surface area contributed by atoms with E-state index in [1.807, 2.05) is 18.9 Å². The van der Waals surface area contributed by atoms with Crippen LogP contribution >= 0.6 is 0 Å². The van der Waals surface area contributed by atoms with Crippen molar-refractivity contribution < 1.29 is 9.59 Å². The highest BCUT2D eigenvalue weighted by Crippen LogP contribution is 2.15. The first-order chi connectivity index (χ1) is 12.4. The second kappa shape index (κ2) is 9.15. The zero-order valence-electron chi connectivity index (χ0n) is 15.9. The molecule has 0 bridgehead atoms. The van der Waals surface area contributed by atoms with Crippen LogP contribution in [0.3, 0.4) is 0 Å². The minimum atomic E-state index is -0.268. The summed E-state index contributed by atoms with van der Waals surface area (Å²) in [6.45, 7) is 6.20. The second-order valence-corrected chi connectivity index (χ2v) is 6.51. The quantitative estimate of drug-likeness (QED) is 0.798. The third kappa shape index (κ3) is 5.70. The lowest BCUT2D eigenvalue weighted by Gasteiger charge is -2.24. The van der Waals surface area contributed by atoms with Gasteiger partial charge in [-0.2, -0.15) is 0 Å². The van der Waals surface area contributed by atoms with E-state index >= 15 is 0 Å². The first-order valence-corrected chi connectivity index (χ1v) is 8.85. The molecule has 2 amide bonds. The standard InChI is InChI=1S/C21H27N3O2/c1-5-17-6-8-18(9-7-17)14-24(4)15(2)21(26)23-20-12-10-19(11-13-20)22-16(3)25/h6-13,15H,5,14H2,1-4H3,(H,22,25)(H,23,26)/t15-/m1/s1. The van der Waals surface area contributed by atoms with Crippen molar-refractivity contribution >= 4 is 23.2 Å². The predicted molar refractivity (Wildman–Crippen MR) is 106 cm³/mol. The summed E-state index contributed by atoms with van der Waals surface area (Å²) in [5.74, 6) is -0.186. The molecule has 0 aliphatic heterocycles. The van der Waals surface area contributed by atoms with Crippen LogP contribution in [0.2, 0.25) is 0 Å². The van der Waals surface area contributed by atoms with Gasteiger partial charge in [-0.3, -0.25) is 14.5 Å². The highest BCUT2D eigenvalue weighted by atomic mass is 16.2. The molecule has 0 heterocycles. The molecule has 0 fully saturated rings. The molecule has 5 heteroatoms. The zero-order chi connectivity index (χ0) is 19.1. The van der Waals surface area contributed by atoms with E-state index in [-0.39, 0.29) is 17.9 Å². The Kier molecular flexibility index (Phi) is 6.92. The number of hydrogen-bond acceptors (Lipinski definition) is 3. The molecule has 0 radical (unpaired) electrons. The number of anilines is 2. The number of benzene rings is 2. The summed E-state index contributed by atoms with van der Waals surface area (Å²) in [7, 11) is 1.94. The fraction of sp³-hybridized carbons (Fsp3) is 0.333. The van der Waals surface area contributed by atoms with Gasteiger partial charge in [0, 0.05) is 24.8 Å². The van der Waals surface area contributed by atoms with Crippen LogP contribution in [-0.4, -0.2) is 29.8 Å². The molecular weight excluding hydrogens is 326 g/mol. The first-order valence-electron chi connectivity index (χ1n) is 8.85. The Morgan fingerprint density at radius 3 is 1.92 bits per heavy atom. The molecule has 2 aromatic carbocycles. The third-order valence-corrected chi connectivity index (χ3v) is 4.38. The van der Waals surface area contributed by atoms with E-state index < -0.39 is 0 Å². The van der Waals surface area contributed by atoms with Gasteiger partial charge < -0.3 is 10.6 Å². The van der Waals surface area contributed by atoms with E-state index in [0.717, 1.165) is 6.42 Å². The molecule has 0 saturated heterocycles. The van der Waals surface area contributed by atoms with E-state index in [1.54, 1.807) is 24.3 Å². The van der Waals surface area contributed by atoms with Gasteiger partial charge in [0.25, 0.3) is 0 Å². The largest absolute Gasteiger partial charge is 0.326 e. The number of amides is 2. The molecule has 2 aromatic rings. The zero-order valence-corrected chi connectivity index (χ0v) is 15.9. The number of rotatable bonds is 7. The normalized spacial score (nSPS) is 11.9. The maximum atomic E-state index is 12.5. The molecule has 0 aromatic heterocycles. The van der Waals surface area contributed by atoms with Crippen molar-refractivity contribution in [1.82, 2.24) is 4.90 Å². The van der Waals surface area contributed by atoms with Crippen LogP contribution in [0.15, 0.2) is 48.5 Å². The number of carbonyl (C=O) groups excluding carboxylic acids is 2. The maximum absolute atomic E-state index is 12.5. The lowest BCUT2D eigenvalue weighted by atomic mass is 10.1. The molecule has 0 saturated carbocycles. The number of likely N-dealkylation sites (N-methyl/N-ethyl adjacent to an activating group) is 1. The Bertz CT molecular complexity index is 739. The van der Waals surface area contributed by atoms with Gasteiger partial charge in [-0.15, -0.1) is 0 Å². The summed E-state index contributed by atoms with van der Waals surface area (Å²) in [6, 6.07) is 15.3. The summed E-state index contributed by atoms with van der Waals surface area (Å²) in [6.07, 6.45) is 1.02. The summed E-state index contributed by atoms with van der Waals surface area (Å²) in [5, 5.41) is 5.62. The Morgan fingerprint density at radius 1 is 0.923 bits per heavy atom. The Balaban J connectivity index is 1.91. The van der Waals surface area contributed by atoms with Crippen molar-refractivity contribution in [2.45, 2.75) is 39.8 Å². The van der Waals surface area contributed by atoms with Crippen LogP contribution < -0.4 is 10.6 Å². The molecule has 0 aliphatic rings. The van der Waals surface area contributed by atoms with E-state index in [0.29, 0.717) is 17.9 Å². The monoisotopic (exact) mass is 353 g/mol. The van der Waals surface area contributed by atoms with Gasteiger partial charge in [0.05, 0.1) is 6.04 Å². The predicted octanol–water partition coefficient (Wildman–Crippen LogP) is 3.67.